The highest BCUT2D eigenvalue weighted by molar-refractivity contribution is 7.38. The van der Waals surface area contributed by atoms with Crippen molar-refractivity contribution in [2.24, 2.45) is 5.41 Å². The second-order valence-electron chi connectivity index (χ2n) is 6.98. The number of aromatic amines is 1. The molecule has 2 aromatic heterocycles. The summed E-state index contributed by atoms with van der Waals surface area (Å²) in [7, 11) is -2.15. The molecule has 11 nitrogen and oxygen atoms in total. The van der Waals surface area contributed by atoms with E-state index >= 15 is 0 Å². The monoisotopic (exact) mass is 412 g/mol. The summed E-state index contributed by atoms with van der Waals surface area (Å²) in [4.78, 5) is 33.7. The molecular weight excluding hydrogens is 389 g/mol. The van der Waals surface area contributed by atoms with Gasteiger partial charge in [-0.25, -0.2) is 4.98 Å². The highest BCUT2D eigenvalue weighted by Gasteiger charge is 2.25. The number of anilines is 1. The van der Waals surface area contributed by atoms with E-state index in [2.05, 4.69) is 21.5 Å². The molecule has 152 valence electrons. The molecule has 3 N–H and O–H groups in total. The van der Waals surface area contributed by atoms with Crippen LogP contribution >= 0.6 is 8.03 Å². The van der Waals surface area contributed by atoms with Gasteiger partial charge in [0.25, 0.3) is 11.9 Å². The van der Waals surface area contributed by atoms with E-state index in [0.717, 1.165) is 0 Å². The van der Waals surface area contributed by atoms with Crippen molar-refractivity contribution in [3.05, 3.63) is 28.8 Å². The zero-order chi connectivity index (χ0) is 20.9. The lowest BCUT2D eigenvalue weighted by molar-refractivity contribution is -0.159. The number of fused-ring (bicyclic) bond motifs is 1. The minimum absolute atomic E-state index is 0.0116. The van der Waals surface area contributed by atoms with Crippen LogP contribution in [0.2, 0.25) is 0 Å². The number of hydrogen-bond acceptors (Lipinski definition) is 9. The Morgan fingerprint density at radius 1 is 1.43 bits per heavy atom. The average molecular weight is 412 g/mol. The molecule has 2 rings (SSSR count). The van der Waals surface area contributed by atoms with Crippen LogP contribution in [0, 0.1) is 5.41 Å². The molecule has 12 heteroatoms. The third-order valence-corrected chi connectivity index (χ3v) is 4.18. The number of rotatable bonds is 9. The molecule has 0 aromatic carbocycles. The number of esters is 1. The van der Waals surface area contributed by atoms with E-state index in [1.165, 1.54) is 6.33 Å². The standard InChI is InChI=1S/C16H22N5O6P/c1-10(5-21-7-18-11-12(21)19-15(17)20-13(11)22)6-25-9-28(24)27-8-26-14(23)16(2,3)4/h7H,1,5-6,8-9H2,2-4H3,(H2-,17,19,20,22)/p+1. The lowest BCUT2D eigenvalue weighted by Gasteiger charge is -2.14. The minimum atomic E-state index is -2.15. The zero-order valence-corrected chi connectivity index (χ0v) is 16.8. The first kappa shape index (κ1) is 21.7. The largest absolute Gasteiger partial charge is 0.540 e. The fourth-order valence-corrected chi connectivity index (χ4v) is 2.52. The Morgan fingerprint density at radius 2 is 2.14 bits per heavy atom. The third-order valence-electron chi connectivity index (χ3n) is 3.39. The summed E-state index contributed by atoms with van der Waals surface area (Å²) in [6, 6.07) is 0. The van der Waals surface area contributed by atoms with Gasteiger partial charge in [-0.05, 0) is 30.9 Å². The molecular formula is C16H23N5O6P+. The first-order valence-corrected chi connectivity index (χ1v) is 9.64. The van der Waals surface area contributed by atoms with Gasteiger partial charge in [-0.15, -0.1) is 4.52 Å². The van der Waals surface area contributed by atoms with E-state index in [1.807, 2.05) is 0 Å². The van der Waals surface area contributed by atoms with Gasteiger partial charge in [0.05, 0.1) is 18.3 Å². The van der Waals surface area contributed by atoms with Crippen molar-refractivity contribution >= 4 is 31.1 Å². The molecule has 0 aliphatic heterocycles. The molecule has 0 bridgehead atoms. The van der Waals surface area contributed by atoms with E-state index in [-0.39, 0.29) is 31.0 Å². The van der Waals surface area contributed by atoms with Crippen molar-refractivity contribution in [1.82, 2.24) is 19.5 Å². The number of aromatic nitrogens is 4. The van der Waals surface area contributed by atoms with Gasteiger partial charge in [0.2, 0.25) is 12.7 Å². The van der Waals surface area contributed by atoms with E-state index < -0.39 is 31.8 Å². The van der Waals surface area contributed by atoms with Gasteiger partial charge in [0.15, 0.2) is 11.2 Å². The number of nitrogens with zero attached hydrogens (tertiary/aromatic N) is 3. The Kier molecular flexibility index (Phi) is 7.00. The molecule has 1 unspecified atom stereocenters. The predicted molar refractivity (Wildman–Crippen MR) is 102 cm³/mol. The smallest absolute Gasteiger partial charge is 0.433 e. The van der Waals surface area contributed by atoms with Crippen LogP contribution in [0.1, 0.15) is 20.8 Å². The molecule has 28 heavy (non-hydrogen) atoms. The van der Waals surface area contributed by atoms with Gasteiger partial charge in [0.1, 0.15) is 0 Å². The van der Waals surface area contributed by atoms with Crippen LogP contribution in [-0.4, -0.2) is 45.2 Å². The molecule has 0 amide bonds. The summed E-state index contributed by atoms with van der Waals surface area (Å²) in [5, 5.41) is 0. The maximum atomic E-state index is 11.8. The van der Waals surface area contributed by atoms with Gasteiger partial charge in [-0.3, -0.25) is 14.6 Å². The number of ether oxygens (including phenoxy) is 2. The fourth-order valence-electron chi connectivity index (χ4n) is 2.03. The molecule has 2 heterocycles. The van der Waals surface area contributed by atoms with Gasteiger partial charge >= 0.3 is 14.0 Å². The minimum Gasteiger partial charge on any atom is -0.433 e. The number of carbonyl (C=O) groups excluding carboxylic acids is 1. The predicted octanol–water partition coefficient (Wildman–Crippen LogP) is 1.54. The second kappa shape index (κ2) is 9.05. The lowest BCUT2D eigenvalue weighted by Crippen LogP contribution is -2.23. The van der Waals surface area contributed by atoms with E-state index in [9.17, 15) is 14.2 Å². The van der Waals surface area contributed by atoms with Crippen LogP contribution in [0.15, 0.2) is 23.3 Å². The van der Waals surface area contributed by atoms with Crippen molar-refractivity contribution in [3.8, 4) is 0 Å². The quantitative estimate of drug-likeness (QED) is 0.270. The SMILES string of the molecule is C=C(COC[P+](=O)OCOC(=O)C(C)(C)C)Cn1cnc2c(=O)[nH]c(N)nc21. The van der Waals surface area contributed by atoms with Crippen molar-refractivity contribution in [3.63, 3.8) is 0 Å². The molecule has 0 spiro atoms. The van der Waals surface area contributed by atoms with Crippen LogP contribution in [0.4, 0.5) is 5.95 Å². The molecule has 0 radical (unpaired) electrons. The van der Waals surface area contributed by atoms with Crippen LogP contribution in [0.3, 0.4) is 0 Å². The maximum Gasteiger partial charge on any atom is 0.540 e. The number of carbonyl (C=O) groups is 1. The topological polar surface area (TPSA) is 151 Å². The summed E-state index contributed by atoms with van der Waals surface area (Å²) in [5.74, 6) is -0.465. The summed E-state index contributed by atoms with van der Waals surface area (Å²) in [6.45, 7) is 8.95. The van der Waals surface area contributed by atoms with E-state index in [4.69, 9.17) is 19.7 Å². The Hall–Kier alpha value is -2.62. The Bertz CT molecular complexity index is 945. The fraction of sp³-hybridized carbons (Fsp3) is 0.500. The normalized spacial score (nSPS) is 12.2. The second-order valence-corrected chi connectivity index (χ2v) is 8.17. The lowest BCUT2D eigenvalue weighted by atomic mass is 9.98. The summed E-state index contributed by atoms with van der Waals surface area (Å²) in [5.41, 5.74) is 5.59. The van der Waals surface area contributed by atoms with Crippen LogP contribution in [0.25, 0.3) is 11.2 Å². The number of nitrogens with two attached hydrogens (primary N) is 1. The highest BCUT2D eigenvalue weighted by atomic mass is 31.1. The van der Waals surface area contributed by atoms with Crippen LogP contribution < -0.4 is 11.3 Å². The van der Waals surface area contributed by atoms with Gasteiger partial charge < -0.3 is 19.8 Å². The van der Waals surface area contributed by atoms with Crippen molar-refractivity contribution in [2.45, 2.75) is 27.3 Å². The Balaban J connectivity index is 1.75. The van der Waals surface area contributed by atoms with Gasteiger partial charge in [-0.1, -0.05) is 6.58 Å². The molecule has 0 aliphatic carbocycles. The summed E-state index contributed by atoms with van der Waals surface area (Å²) in [6.07, 6.45) is 1.27. The van der Waals surface area contributed by atoms with Crippen molar-refractivity contribution < 1.29 is 23.4 Å². The Labute approximate surface area is 161 Å². The molecule has 0 saturated carbocycles. The first-order valence-electron chi connectivity index (χ1n) is 8.27. The van der Waals surface area contributed by atoms with Crippen LogP contribution in [0.5, 0.6) is 0 Å². The molecule has 2 aromatic rings. The number of H-pyrrole nitrogens is 1. The molecule has 0 fully saturated rings. The maximum absolute atomic E-state index is 11.8. The zero-order valence-electron chi connectivity index (χ0n) is 15.9. The number of hydrogen-bond donors (Lipinski definition) is 2. The highest BCUT2D eigenvalue weighted by Crippen LogP contribution is 2.23. The number of nitrogens with one attached hydrogen (secondary N) is 1. The third kappa shape index (κ3) is 5.95. The number of nitrogen functional groups attached to an aromatic ring is 1. The summed E-state index contributed by atoms with van der Waals surface area (Å²) >= 11 is 0. The molecule has 0 aliphatic rings. The van der Waals surface area contributed by atoms with Crippen molar-refractivity contribution in [2.75, 3.05) is 25.5 Å². The first-order chi connectivity index (χ1) is 13.1. The van der Waals surface area contributed by atoms with Gasteiger partial charge in [0, 0.05) is 6.54 Å². The van der Waals surface area contributed by atoms with E-state index in [0.29, 0.717) is 11.2 Å². The molecule has 0 saturated heterocycles. The molecule has 1 atom stereocenters. The average Bonchev–Trinajstić information content (AvgIpc) is 2.97. The van der Waals surface area contributed by atoms with Gasteiger partial charge in [-0.2, -0.15) is 4.98 Å². The van der Waals surface area contributed by atoms with E-state index in [1.54, 1.807) is 25.3 Å². The van der Waals surface area contributed by atoms with Crippen LogP contribution in [-0.2, 0) is 29.9 Å². The number of imidazole rings is 1. The van der Waals surface area contributed by atoms with Crippen molar-refractivity contribution in [1.29, 1.82) is 0 Å². The summed E-state index contributed by atoms with van der Waals surface area (Å²) < 4.78 is 28.4. The Morgan fingerprint density at radius 3 is 2.82 bits per heavy atom.